The number of benzene rings is 1. The van der Waals surface area contributed by atoms with E-state index in [0.717, 1.165) is 13.2 Å². The van der Waals surface area contributed by atoms with Crippen LogP contribution in [0.1, 0.15) is 17.2 Å². The molecule has 21 heavy (non-hydrogen) atoms. The largest absolute Gasteiger partial charge is 0.416 e. The molecule has 1 heterocycles. The number of carbonyl (C=O) groups is 1. The van der Waals surface area contributed by atoms with E-state index in [1.807, 2.05) is 0 Å². The van der Waals surface area contributed by atoms with Crippen molar-refractivity contribution >= 4 is 11.9 Å². The SMILES string of the molecule is CO[C@@H](C(=O)Nc1nn[nH]n1)c1ccccc1C(F)(F)F. The number of aromatic nitrogens is 4. The van der Waals surface area contributed by atoms with Crippen LogP contribution in [-0.4, -0.2) is 33.6 Å². The minimum atomic E-state index is -4.60. The number of alkyl halides is 3. The van der Waals surface area contributed by atoms with E-state index in [4.69, 9.17) is 4.74 Å². The van der Waals surface area contributed by atoms with Gasteiger partial charge in [0.15, 0.2) is 6.10 Å². The number of carbonyl (C=O) groups excluding carboxylic acids is 1. The van der Waals surface area contributed by atoms with E-state index in [1.165, 1.54) is 18.2 Å². The molecule has 1 aromatic heterocycles. The molecule has 10 heteroatoms. The average molecular weight is 301 g/mol. The number of nitrogens with one attached hydrogen (secondary N) is 2. The van der Waals surface area contributed by atoms with Crippen LogP contribution in [0.25, 0.3) is 0 Å². The molecular weight excluding hydrogens is 291 g/mol. The van der Waals surface area contributed by atoms with E-state index < -0.39 is 23.8 Å². The molecule has 2 rings (SSSR count). The Morgan fingerprint density at radius 2 is 2.10 bits per heavy atom. The van der Waals surface area contributed by atoms with Crippen molar-refractivity contribution in [2.24, 2.45) is 0 Å². The van der Waals surface area contributed by atoms with E-state index >= 15 is 0 Å². The molecule has 1 aromatic carbocycles. The predicted octanol–water partition coefficient (Wildman–Crippen LogP) is 1.54. The van der Waals surface area contributed by atoms with Crippen molar-refractivity contribution in [2.75, 3.05) is 12.4 Å². The van der Waals surface area contributed by atoms with Gasteiger partial charge in [-0.25, -0.2) is 0 Å². The number of ether oxygens (including phenoxy) is 1. The lowest BCUT2D eigenvalue weighted by Crippen LogP contribution is -2.25. The van der Waals surface area contributed by atoms with Gasteiger partial charge in [-0.05, 0) is 11.3 Å². The molecule has 7 nitrogen and oxygen atoms in total. The first-order valence-electron chi connectivity index (χ1n) is 5.66. The predicted molar refractivity (Wildman–Crippen MR) is 64.0 cm³/mol. The Hall–Kier alpha value is -2.49. The minimum Gasteiger partial charge on any atom is -0.367 e. The van der Waals surface area contributed by atoms with Gasteiger partial charge in [0.1, 0.15) is 0 Å². The van der Waals surface area contributed by atoms with Crippen molar-refractivity contribution in [3.05, 3.63) is 35.4 Å². The molecule has 0 unspecified atom stereocenters. The fourth-order valence-corrected chi connectivity index (χ4v) is 1.75. The second-order valence-corrected chi connectivity index (χ2v) is 3.93. The first kappa shape index (κ1) is 14.9. The number of amides is 1. The summed E-state index contributed by atoms with van der Waals surface area (Å²) in [6, 6.07) is 4.67. The molecule has 0 aliphatic heterocycles. The van der Waals surface area contributed by atoms with Crippen molar-refractivity contribution in [2.45, 2.75) is 12.3 Å². The van der Waals surface area contributed by atoms with Gasteiger partial charge in [0, 0.05) is 12.7 Å². The lowest BCUT2D eigenvalue weighted by molar-refractivity contribution is -0.140. The third-order valence-electron chi connectivity index (χ3n) is 2.60. The van der Waals surface area contributed by atoms with Gasteiger partial charge in [-0.3, -0.25) is 10.1 Å². The Kier molecular flexibility index (Phi) is 4.17. The lowest BCUT2D eigenvalue weighted by Gasteiger charge is -2.19. The number of anilines is 1. The van der Waals surface area contributed by atoms with Gasteiger partial charge in [-0.2, -0.15) is 18.4 Å². The molecule has 0 fully saturated rings. The molecule has 112 valence electrons. The second-order valence-electron chi connectivity index (χ2n) is 3.93. The Balaban J connectivity index is 2.31. The van der Waals surface area contributed by atoms with Gasteiger partial charge < -0.3 is 4.74 Å². The number of H-pyrrole nitrogens is 1. The minimum absolute atomic E-state index is 0.161. The van der Waals surface area contributed by atoms with Gasteiger partial charge in [-0.1, -0.05) is 23.3 Å². The number of aromatic amines is 1. The summed E-state index contributed by atoms with van der Waals surface area (Å²) in [5.74, 6) is -0.998. The Bertz CT molecular complexity index is 615. The third-order valence-corrected chi connectivity index (χ3v) is 2.60. The number of hydrogen-bond donors (Lipinski definition) is 2. The van der Waals surface area contributed by atoms with Crippen LogP contribution < -0.4 is 5.32 Å². The molecule has 1 amide bonds. The van der Waals surface area contributed by atoms with Gasteiger partial charge in [0.05, 0.1) is 5.56 Å². The maximum atomic E-state index is 13.0. The summed E-state index contributed by atoms with van der Waals surface area (Å²) < 4.78 is 43.8. The van der Waals surface area contributed by atoms with Crippen molar-refractivity contribution in [1.82, 2.24) is 20.6 Å². The first-order valence-corrected chi connectivity index (χ1v) is 5.66. The van der Waals surface area contributed by atoms with Crippen LogP contribution in [-0.2, 0) is 15.7 Å². The molecule has 2 N–H and O–H groups in total. The number of methoxy groups -OCH3 is 1. The summed E-state index contributed by atoms with van der Waals surface area (Å²) in [5.41, 5.74) is -1.24. The van der Waals surface area contributed by atoms with Crippen LogP contribution in [0.5, 0.6) is 0 Å². The van der Waals surface area contributed by atoms with Gasteiger partial charge in [-0.15, -0.1) is 5.10 Å². The molecule has 0 radical (unpaired) electrons. The molecule has 0 saturated carbocycles. The van der Waals surface area contributed by atoms with Crippen LogP contribution in [0.4, 0.5) is 19.1 Å². The van der Waals surface area contributed by atoms with Crippen molar-refractivity contribution in [3.8, 4) is 0 Å². The van der Waals surface area contributed by atoms with Crippen molar-refractivity contribution < 1.29 is 22.7 Å². The number of tetrazole rings is 1. The van der Waals surface area contributed by atoms with Gasteiger partial charge in [0.25, 0.3) is 11.9 Å². The molecule has 1 atom stereocenters. The molecule has 0 spiro atoms. The quantitative estimate of drug-likeness (QED) is 0.893. The van der Waals surface area contributed by atoms with Crippen LogP contribution in [0.15, 0.2) is 24.3 Å². The Morgan fingerprint density at radius 3 is 2.67 bits per heavy atom. The smallest absolute Gasteiger partial charge is 0.367 e. The van der Waals surface area contributed by atoms with Crippen molar-refractivity contribution in [3.63, 3.8) is 0 Å². The fraction of sp³-hybridized carbons (Fsp3) is 0.273. The molecule has 0 aliphatic carbocycles. The molecule has 0 saturated heterocycles. The molecule has 0 bridgehead atoms. The zero-order valence-electron chi connectivity index (χ0n) is 10.7. The van der Waals surface area contributed by atoms with Crippen LogP contribution in [0, 0.1) is 0 Å². The number of nitrogens with zero attached hydrogens (tertiary/aromatic N) is 3. The summed E-state index contributed by atoms with van der Waals surface area (Å²) >= 11 is 0. The molecule has 0 aliphatic rings. The van der Waals surface area contributed by atoms with Crippen LogP contribution in [0.3, 0.4) is 0 Å². The van der Waals surface area contributed by atoms with Gasteiger partial charge in [0.2, 0.25) is 0 Å². The zero-order valence-corrected chi connectivity index (χ0v) is 10.7. The average Bonchev–Trinajstić information content (AvgIpc) is 2.92. The molecule has 2 aromatic rings. The standard InChI is InChI=1S/C11H10F3N5O2/c1-21-8(9(20)15-10-16-18-19-17-10)6-4-2-3-5-7(6)11(12,13)14/h2-5,8H,1H3,(H2,15,16,17,18,19,20)/t8-/m1/s1. The van der Waals surface area contributed by atoms with E-state index in [-0.39, 0.29) is 11.5 Å². The summed E-state index contributed by atoms with van der Waals surface area (Å²) in [4.78, 5) is 12.0. The highest BCUT2D eigenvalue weighted by Gasteiger charge is 2.37. The second kappa shape index (κ2) is 5.87. The van der Waals surface area contributed by atoms with Crippen LogP contribution in [0.2, 0.25) is 0 Å². The van der Waals surface area contributed by atoms with E-state index in [2.05, 4.69) is 25.9 Å². The highest BCUT2D eigenvalue weighted by atomic mass is 19.4. The number of rotatable bonds is 4. The van der Waals surface area contributed by atoms with Crippen molar-refractivity contribution in [1.29, 1.82) is 0 Å². The van der Waals surface area contributed by atoms with Gasteiger partial charge >= 0.3 is 6.18 Å². The highest BCUT2D eigenvalue weighted by Crippen LogP contribution is 2.35. The summed E-state index contributed by atoms with van der Waals surface area (Å²) in [7, 11) is 1.13. The topological polar surface area (TPSA) is 92.8 Å². The van der Waals surface area contributed by atoms with E-state index in [9.17, 15) is 18.0 Å². The monoisotopic (exact) mass is 301 g/mol. The Morgan fingerprint density at radius 1 is 1.38 bits per heavy atom. The molecular formula is C11H10F3N5O2. The maximum absolute atomic E-state index is 13.0. The zero-order chi connectivity index (χ0) is 15.5. The van der Waals surface area contributed by atoms with E-state index in [1.54, 1.807) is 0 Å². The third kappa shape index (κ3) is 3.34. The summed E-state index contributed by atoms with van der Waals surface area (Å²) in [5, 5.41) is 14.5. The highest BCUT2D eigenvalue weighted by molar-refractivity contribution is 5.93. The first-order chi connectivity index (χ1) is 9.93. The maximum Gasteiger partial charge on any atom is 0.416 e. The number of hydrogen-bond acceptors (Lipinski definition) is 5. The Labute approximate surface area is 116 Å². The number of halogens is 3. The lowest BCUT2D eigenvalue weighted by atomic mass is 10.0. The fourth-order valence-electron chi connectivity index (χ4n) is 1.75. The van der Waals surface area contributed by atoms with Crippen LogP contribution >= 0.6 is 0 Å². The van der Waals surface area contributed by atoms with E-state index in [0.29, 0.717) is 0 Å². The summed E-state index contributed by atoms with van der Waals surface area (Å²) in [6.07, 6.45) is -6.05. The summed E-state index contributed by atoms with van der Waals surface area (Å²) in [6.45, 7) is 0. The normalized spacial score (nSPS) is 13.0.